The lowest BCUT2D eigenvalue weighted by Crippen LogP contribution is -2.10. The van der Waals surface area contributed by atoms with Crippen LogP contribution in [-0.2, 0) is 0 Å². The van der Waals surface area contributed by atoms with Crippen molar-refractivity contribution < 1.29 is 23.5 Å². The average Bonchev–Trinajstić information content (AvgIpc) is 3.19. The molecule has 2 aromatic carbocycles. The molecule has 6 heteroatoms. The van der Waals surface area contributed by atoms with E-state index >= 15 is 0 Å². The molecule has 0 saturated heterocycles. The van der Waals surface area contributed by atoms with Crippen molar-refractivity contribution in [1.29, 1.82) is 0 Å². The number of thiophene rings is 1. The van der Waals surface area contributed by atoms with Gasteiger partial charge in [-0.15, -0.1) is 11.3 Å². The second-order valence-corrected chi connectivity index (χ2v) is 7.34. The number of fused-ring (bicyclic) bond motifs is 1. The highest BCUT2D eigenvalue weighted by Gasteiger charge is 2.30. The van der Waals surface area contributed by atoms with E-state index in [-0.39, 0.29) is 22.9 Å². The van der Waals surface area contributed by atoms with Gasteiger partial charge in [0, 0.05) is 17.0 Å². The molecular formula is C22H15FO4S. The Kier molecular flexibility index (Phi) is 4.57. The minimum atomic E-state index is -0.813. The Morgan fingerprint density at radius 3 is 2.64 bits per heavy atom. The van der Waals surface area contributed by atoms with E-state index < -0.39 is 11.8 Å². The number of carbonyl (C=O) groups is 2. The highest BCUT2D eigenvalue weighted by molar-refractivity contribution is 7.11. The number of rotatable bonds is 3. The third-order valence-electron chi connectivity index (χ3n) is 4.41. The molecule has 4 rings (SSSR count). The summed E-state index contributed by atoms with van der Waals surface area (Å²) in [6.07, 6.45) is 1.72. The number of esters is 1. The van der Waals surface area contributed by atoms with Crippen LogP contribution in [0.25, 0.3) is 6.08 Å². The van der Waals surface area contributed by atoms with Crippen molar-refractivity contribution in [3.05, 3.63) is 86.6 Å². The van der Waals surface area contributed by atoms with Crippen molar-refractivity contribution in [1.82, 2.24) is 0 Å². The number of aryl methyl sites for hydroxylation is 2. The van der Waals surface area contributed by atoms with Crippen molar-refractivity contribution in [2.45, 2.75) is 13.8 Å². The average molecular weight is 394 g/mol. The van der Waals surface area contributed by atoms with E-state index in [1.165, 1.54) is 35.6 Å². The van der Waals surface area contributed by atoms with E-state index in [1.54, 1.807) is 25.1 Å². The second kappa shape index (κ2) is 7.05. The fourth-order valence-electron chi connectivity index (χ4n) is 2.98. The molecule has 140 valence electrons. The molecule has 0 spiro atoms. The minimum absolute atomic E-state index is 0.161. The standard InChI is InChI=1S/C22H15FO4S/c1-12-7-8-28-19(12)11-18-21(24)20-13(2)9-14(10-17(20)27-18)26-22(25)15-5-3-4-6-16(15)23/h3-11H,1-2H3/b18-11-. The topological polar surface area (TPSA) is 52.6 Å². The summed E-state index contributed by atoms with van der Waals surface area (Å²) in [6.45, 7) is 3.70. The third-order valence-corrected chi connectivity index (χ3v) is 5.38. The Morgan fingerprint density at radius 2 is 1.93 bits per heavy atom. The van der Waals surface area contributed by atoms with Crippen molar-refractivity contribution in [2.75, 3.05) is 0 Å². The van der Waals surface area contributed by atoms with Crippen molar-refractivity contribution in [3.8, 4) is 11.5 Å². The Bertz CT molecular complexity index is 1140. The summed E-state index contributed by atoms with van der Waals surface area (Å²) in [5.74, 6) is -0.957. The van der Waals surface area contributed by atoms with Gasteiger partial charge in [0.05, 0.1) is 11.1 Å². The maximum absolute atomic E-state index is 13.8. The first-order chi connectivity index (χ1) is 13.4. The number of ketones is 1. The van der Waals surface area contributed by atoms with Crippen LogP contribution in [-0.4, -0.2) is 11.8 Å². The zero-order chi connectivity index (χ0) is 19.8. The smallest absolute Gasteiger partial charge is 0.346 e. The van der Waals surface area contributed by atoms with Crippen LogP contribution < -0.4 is 9.47 Å². The molecule has 0 aliphatic carbocycles. The molecule has 0 bridgehead atoms. The quantitative estimate of drug-likeness (QED) is 0.342. The molecule has 0 radical (unpaired) electrons. The van der Waals surface area contributed by atoms with Crippen molar-refractivity contribution >= 4 is 29.2 Å². The molecule has 1 aliphatic heterocycles. The van der Waals surface area contributed by atoms with Crippen molar-refractivity contribution in [2.24, 2.45) is 0 Å². The summed E-state index contributed by atoms with van der Waals surface area (Å²) in [6, 6.07) is 10.6. The van der Waals surface area contributed by atoms with Gasteiger partial charge in [-0.05, 0) is 54.6 Å². The SMILES string of the molecule is Cc1ccsc1/C=C1\Oc2cc(OC(=O)c3ccccc3F)cc(C)c2C1=O. The second-order valence-electron chi connectivity index (χ2n) is 6.39. The molecule has 0 amide bonds. The van der Waals surface area contributed by atoms with Crippen LogP contribution in [0.4, 0.5) is 4.39 Å². The van der Waals surface area contributed by atoms with E-state index in [1.807, 2.05) is 18.4 Å². The number of hydrogen-bond donors (Lipinski definition) is 0. The maximum Gasteiger partial charge on any atom is 0.346 e. The fraction of sp³-hybridized carbons (Fsp3) is 0.0909. The van der Waals surface area contributed by atoms with Crippen LogP contribution in [0.1, 0.15) is 36.7 Å². The van der Waals surface area contributed by atoms with E-state index in [2.05, 4.69) is 0 Å². The predicted octanol–water partition coefficient (Wildman–Crippen LogP) is 5.34. The Hall–Kier alpha value is -3.25. The van der Waals surface area contributed by atoms with Gasteiger partial charge < -0.3 is 9.47 Å². The summed E-state index contributed by atoms with van der Waals surface area (Å²) < 4.78 is 24.8. The molecule has 0 N–H and O–H groups in total. The number of benzene rings is 2. The van der Waals surface area contributed by atoms with Crippen LogP contribution in [0.15, 0.2) is 53.6 Å². The lowest BCUT2D eigenvalue weighted by Gasteiger charge is -2.08. The fourth-order valence-corrected chi connectivity index (χ4v) is 3.82. The number of ether oxygens (including phenoxy) is 2. The highest BCUT2D eigenvalue weighted by Crippen LogP contribution is 2.38. The molecule has 0 atom stereocenters. The summed E-state index contributed by atoms with van der Waals surface area (Å²) in [7, 11) is 0. The van der Waals surface area contributed by atoms with Gasteiger partial charge in [-0.2, -0.15) is 0 Å². The zero-order valence-corrected chi connectivity index (χ0v) is 15.9. The van der Waals surface area contributed by atoms with Gasteiger partial charge in [0.2, 0.25) is 5.78 Å². The van der Waals surface area contributed by atoms with Crippen LogP contribution in [0.2, 0.25) is 0 Å². The summed E-state index contributed by atoms with van der Waals surface area (Å²) in [4.78, 5) is 25.9. The third kappa shape index (κ3) is 3.23. The molecule has 0 saturated carbocycles. The maximum atomic E-state index is 13.8. The summed E-state index contributed by atoms with van der Waals surface area (Å²) in [5, 5.41) is 1.94. The molecule has 4 nitrogen and oxygen atoms in total. The first-order valence-electron chi connectivity index (χ1n) is 8.53. The number of halogens is 1. The van der Waals surface area contributed by atoms with Crippen LogP contribution >= 0.6 is 11.3 Å². The van der Waals surface area contributed by atoms with Gasteiger partial charge in [-0.3, -0.25) is 4.79 Å². The van der Waals surface area contributed by atoms with E-state index in [0.29, 0.717) is 16.9 Å². The van der Waals surface area contributed by atoms with E-state index in [0.717, 1.165) is 10.4 Å². The molecule has 1 aromatic heterocycles. The molecule has 0 unspecified atom stereocenters. The molecular weight excluding hydrogens is 379 g/mol. The molecule has 0 fully saturated rings. The van der Waals surface area contributed by atoms with Crippen LogP contribution in [0.3, 0.4) is 0 Å². The van der Waals surface area contributed by atoms with Crippen LogP contribution in [0, 0.1) is 19.7 Å². The number of carbonyl (C=O) groups excluding carboxylic acids is 2. The van der Waals surface area contributed by atoms with Crippen molar-refractivity contribution in [3.63, 3.8) is 0 Å². The normalized spacial score (nSPS) is 14.1. The number of Topliss-reactive ketones (excluding diaryl/α,β-unsaturated/α-hetero) is 1. The van der Waals surface area contributed by atoms with Gasteiger partial charge in [0.25, 0.3) is 0 Å². The zero-order valence-electron chi connectivity index (χ0n) is 15.1. The van der Waals surface area contributed by atoms with Gasteiger partial charge >= 0.3 is 5.97 Å². The van der Waals surface area contributed by atoms with Crippen LogP contribution in [0.5, 0.6) is 11.5 Å². The van der Waals surface area contributed by atoms with E-state index in [4.69, 9.17) is 9.47 Å². The minimum Gasteiger partial charge on any atom is -0.452 e. The number of allylic oxidation sites excluding steroid dienone is 1. The molecule has 2 heterocycles. The van der Waals surface area contributed by atoms with E-state index in [9.17, 15) is 14.0 Å². The summed E-state index contributed by atoms with van der Waals surface area (Å²) in [5.41, 5.74) is 1.95. The molecule has 3 aromatic rings. The van der Waals surface area contributed by atoms with Gasteiger partial charge in [0.1, 0.15) is 17.3 Å². The van der Waals surface area contributed by atoms with Gasteiger partial charge in [0.15, 0.2) is 5.76 Å². The van der Waals surface area contributed by atoms with Gasteiger partial charge in [-0.25, -0.2) is 9.18 Å². The molecule has 1 aliphatic rings. The predicted molar refractivity (Wildman–Crippen MR) is 105 cm³/mol. The highest BCUT2D eigenvalue weighted by atomic mass is 32.1. The Labute approximate surface area is 164 Å². The first-order valence-corrected chi connectivity index (χ1v) is 9.41. The first kappa shape index (κ1) is 18.1. The lowest BCUT2D eigenvalue weighted by atomic mass is 10.0. The lowest BCUT2D eigenvalue weighted by molar-refractivity contribution is 0.0729. The molecule has 28 heavy (non-hydrogen) atoms. The summed E-state index contributed by atoms with van der Waals surface area (Å²) >= 11 is 1.52. The Morgan fingerprint density at radius 1 is 1.14 bits per heavy atom. The van der Waals surface area contributed by atoms with Gasteiger partial charge in [-0.1, -0.05) is 12.1 Å². The number of hydrogen-bond acceptors (Lipinski definition) is 5. The monoisotopic (exact) mass is 394 g/mol. The Balaban J connectivity index is 1.63. The largest absolute Gasteiger partial charge is 0.452 e.